The van der Waals surface area contributed by atoms with Gasteiger partial charge in [-0.25, -0.2) is 4.98 Å². The van der Waals surface area contributed by atoms with Crippen molar-refractivity contribution in [1.29, 1.82) is 0 Å². The molecule has 0 atom stereocenters. The molecule has 0 saturated heterocycles. The topological polar surface area (TPSA) is 59.2 Å². The molecule has 0 unspecified atom stereocenters. The first-order valence-electron chi connectivity index (χ1n) is 7.23. The van der Waals surface area contributed by atoms with E-state index in [0.29, 0.717) is 12.4 Å². The van der Waals surface area contributed by atoms with Gasteiger partial charge >= 0.3 is 0 Å². The molecule has 23 heavy (non-hydrogen) atoms. The summed E-state index contributed by atoms with van der Waals surface area (Å²) in [7, 11) is 1.81. The minimum absolute atomic E-state index is 0.0443. The number of benzene rings is 1. The molecule has 116 valence electrons. The van der Waals surface area contributed by atoms with Gasteiger partial charge in [0.2, 0.25) is 5.91 Å². The zero-order valence-corrected chi connectivity index (χ0v) is 13.6. The highest BCUT2D eigenvalue weighted by Gasteiger charge is 2.09. The number of anilines is 1. The number of likely N-dealkylation sites (N-methyl/N-ethyl adjacent to an activating group) is 1. The van der Waals surface area contributed by atoms with Crippen molar-refractivity contribution < 1.29 is 4.79 Å². The minimum Gasteiger partial charge on any atom is -0.384 e. The lowest BCUT2D eigenvalue weighted by atomic mass is 10.1. The van der Waals surface area contributed by atoms with Crippen molar-refractivity contribution >= 4 is 39.2 Å². The summed E-state index contributed by atoms with van der Waals surface area (Å²) in [6.07, 6.45) is 4.95. The van der Waals surface area contributed by atoms with Crippen LogP contribution in [-0.2, 0) is 11.3 Å². The van der Waals surface area contributed by atoms with Gasteiger partial charge < -0.3 is 10.6 Å². The Balaban J connectivity index is 1.69. The van der Waals surface area contributed by atoms with Crippen molar-refractivity contribution in [2.24, 2.45) is 0 Å². The van der Waals surface area contributed by atoms with E-state index in [4.69, 9.17) is 5.73 Å². The number of thiophene rings is 1. The van der Waals surface area contributed by atoms with Crippen LogP contribution in [0.15, 0.2) is 54.1 Å². The van der Waals surface area contributed by atoms with Gasteiger partial charge in [-0.05, 0) is 46.2 Å². The van der Waals surface area contributed by atoms with E-state index in [0.717, 1.165) is 5.56 Å². The number of pyridine rings is 1. The van der Waals surface area contributed by atoms with Crippen molar-refractivity contribution in [3.8, 4) is 0 Å². The maximum absolute atomic E-state index is 12.2. The van der Waals surface area contributed by atoms with Crippen molar-refractivity contribution in [3.63, 3.8) is 0 Å². The number of nitrogen functional groups attached to an aromatic ring is 1. The Morgan fingerprint density at radius 2 is 2.13 bits per heavy atom. The third kappa shape index (κ3) is 3.57. The van der Waals surface area contributed by atoms with Crippen LogP contribution in [0.4, 0.5) is 5.82 Å². The average Bonchev–Trinajstić information content (AvgIpc) is 2.97. The molecule has 0 aliphatic heterocycles. The lowest BCUT2D eigenvalue weighted by Gasteiger charge is -2.14. The molecule has 0 aliphatic rings. The zero-order valence-electron chi connectivity index (χ0n) is 12.8. The van der Waals surface area contributed by atoms with Crippen molar-refractivity contribution in [1.82, 2.24) is 9.88 Å². The summed E-state index contributed by atoms with van der Waals surface area (Å²) < 4.78 is 1.24. The smallest absolute Gasteiger partial charge is 0.246 e. The van der Waals surface area contributed by atoms with E-state index >= 15 is 0 Å². The molecular formula is C18H17N3OS. The number of nitrogens with two attached hydrogens (primary N) is 1. The monoisotopic (exact) mass is 323 g/mol. The summed E-state index contributed by atoms with van der Waals surface area (Å²) in [4.78, 5) is 17.9. The van der Waals surface area contributed by atoms with Gasteiger partial charge in [0.05, 0.1) is 0 Å². The van der Waals surface area contributed by atoms with Crippen LogP contribution in [0.5, 0.6) is 0 Å². The SMILES string of the molecule is CN(Cc1csc2ccccc12)C(=O)C=Cc1ccc(N)nc1. The maximum Gasteiger partial charge on any atom is 0.246 e. The van der Waals surface area contributed by atoms with Crippen LogP contribution in [0.1, 0.15) is 11.1 Å². The quantitative estimate of drug-likeness (QED) is 0.747. The number of nitrogens with zero attached hydrogens (tertiary/aromatic N) is 2. The Kier molecular flexibility index (Phi) is 4.39. The Labute approximate surface area is 138 Å². The van der Waals surface area contributed by atoms with E-state index in [2.05, 4.69) is 22.5 Å². The molecule has 2 heterocycles. The molecule has 2 N–H and O–H groups in total. The second kappa shape index (κ2) is 6.62. The van der Waals surface area contributed by atoms with Gasteiger partial charge in [0.25, 0.3) is 0 Å². The molecule has 4 nitrogen and oxygen atoms in total. The summed E-state index contributed by atoms with van der Waals surface area (Å²) in [5.74, 6) is 0.423. The van der Waals surface area contributed by atoms with E-state index in [1.54, 1.807) is 47.7 Å². The van der Waals surface area contributed by atoms with Crippen molar-refractivity contribution in [2.75, 3.05) is 12.8 Å². The lowest BCUT2D eigenvalue weighted by molar-refractivity contribution is -0.125. The van der Waals surface area contributed by atoms with E-state index in [1.165, 1.54) is 15.6 Å². The number of carbonyl (C=O) groups is 1. The highest BCUT2D eigenvalue weighted by molar-refractivity contribution is 7.17. The van der Waals surface area contributed by atoms with Crippen molar-refractivity contribution in [3.05, 3.63) is 65.2 Å². The fourth-order valence-electron chi connectivity index (χ4n) is 2.30. The molecule has 1 amide bonds. The molecule has 0 fully saturated rings. The summed E-state index contributed by atoms with van der Waals surface area (Å²) in [5, 5.41) is 3.33. The number of fused-ring (bicyclic) bond motifs is 1. The van der Waals surface area contributed by atoms with E-state index in [9.17, 15) is 4.79 Å². The third-order valence-electron chi connectivity index (χ3n) is 3.57. The molecule has 5 heteroatoms. The predicted molar refractivity (Wildman–Crippen MR) is 96.0 cm³/mol. The van der Waals surface area contributed by atoms with Gasteiger partial charge in [0.1, 0.15) is 5.82 Å². The van der Waals surface area contributed by atoms with Gasteiger partial charge in [-0.3, -0.25) is 4.79 Å². The number of rotatable bonds is 4. The second-order valence-corrected chi connectivity index (χ2v) is 6.21. The second-order valence-electron chi connectivity index (χ2n) is 5.30. The maximum atomic E-state index is 12.2. The van der Waals surface area contributed by atoms with E-state index in [-0.39, 0.29) is 5.91 Å². The number of hydrogen-bond acceptors (Lipinski definition) is 4. The molecule has 0 spiro atoms. The van der Waals surface area contributed by atoms with Gasteiger partial charge in [-0.15, -0.1) is 11.3 Å². The van der Waals surface area contributed by atoms with Gasteiger partial charge in [0, 0.05) is 30.6 Å². The van der Waals surface area contributed by atoms with Crippen LogP contribution in [0, 0.1) is 0 Å². The first-order chi connectivity index (χ1) is 11.1. The summed E-state index contributed by atoms with van der Waals surface area (Å²) in [5.41, 5.74) is 7.56. The van der Waals surface area contributed by atoms with Gasteiger partial charge in [0.15, 0.2) is 0 Å². The fraction of sp³-hybridized carbons (Fsp3) is 0.111. The van der Waals surface area contributed by atoms with Crippen molar-refractivity contribution in [2.45, 2.75) is 6.54 Å². The summed E-state index contributed by atoms with van der Waals surface area (Å²) in [6, 6.07) is 11.8. The Morgan fingerprint density at radius 3 is 2.91 bits per heavy atom. The number of aromatic nitrogens is 1. The van der Waals surface area contributed by atoms with Crippen LogP contribution in [0.25, 0.3) is 16.2 Å². The molecule has 3 aromatic rings. The molecule has 0 bridgehead atoms. The van der Waals surface area contributed by atoms with Crippen LogP contribution < -0.4 is 5.73 Å². The van der Waals surface area contributed by atoms with E-state index < -0.39 is 0 Å². The Bertz CT molecular complexity index is 852. The summed E-state index contributed by atoms with van der Waals surface area (Å²) >= 11 is 1.70. The predicted octanol–water partition coefficient (Wildman–Crippen LogP) is 3.55. The molecular weight excluding hydrogens is 306 g/mol. The molecule has 3 rings (SSSR count). The first kappa shape index (κ1) is 15.2. The van der Waals surface area contributed by atoms with E-state index in [1.807, 2.05) is 18.2 Å². The number of amides is 1. The van der Waals surface area contributed by atoms with Crippen LogP contribution in [0.2, 0.25) is 0 Å². The minimum atomic E-state index is -0.0443. The zero-order chi connectivity index (χ0) is 16.2. The highest BCUT2D eigenvalue weighted by atomic mass is 32.1. The lowest BCUT2D eigenvalue weighted by Crippen LogP contribution is -2.23. The summed E-state index contributed by atoms with van der Waals surface area (Å²) in [6.45, 7) is 0.590. The van der Waals surface area contributed by atoms with Crippen LogP contribution in [-0.4, -0.2) is 22.8 Å². The fourth-order valence-corrected chi connectivity index (χ4v) is 3.25. The molecule has 0 saturated carbocycles. The van der Waals surface area contributed by atoms with Gasteiger partial charge in [-0.1, -0.05) is 18.2 Å². The van der Waals surface area contributed by atoms with Crippen LogP contribution in [0.3, 0.4) is 0 Å². The molecule has 0 radical (unpaired) electrons. The first-order valence-corrected chi connectivity index (χ1v) is 8.11. The number of carbonyl (C=O) groups excluding carboxylic acids is 1. The van der Waals surface area contributed by atoms with Gasteiger partial charge in [-0.2, -0.15) is 0 Å². The highest BCUT2D eigenvalue weighted by Crippen LogP contribution is 2.26. The standard InChI is InChI=1S/C18H17N3OS/c1-21(11-14-12-23-16-5-3-2-4-15(14)16)18(22)9-7-13-6-8-17(19)20-10-13/h2-10,12H,11H2,1H3,(H2,19,20). The third-order valence-corrected chi connectivity index (χ3v) is 4.58. The molecule has 2 aromatic heterocycles. The molecule has 0 aliphatic carbocycles. The number of hydrogen-bond donors (Lipinski definition) is 1. The van der Waals surface area contributed by atoms with Crippen LogP contribution >= 0.6 is 11.3 Å². The normalized spacial score (nSPS) is 11.2. The largest absolute Gasteiger partial charge is 0.384 e. The average molecular weight is 323 g/mol. The molecule has 1 aromatic carbocycles. The Morgan fingerprint density at radius 1 is 1.30 bits per heavy atom. The Hall–Kier alpha value is -2.66.